The Hall–Kier alpha value is -1.94. The first-order valence-corrected chi connectivity index (χ1v) is 7.19. The normalized spacial score (nSPS) is 10.7. The van der Waals surface area contributed by atoms with E-state index >= 15 is 0 Å². The number of hydrogen-bond donors (Lipinski definition) is 2. The highest BCUT2D eigenvalue weighted by atomic mass is 79.9. The van der Waals surface area contributed by atoms with Crippen LogP contribution in [0.25, 0.3) is 10.9 Å². The van der Waals surface area contributed by atoms with Gasteiger partial charge in [0.2, 0.25) is 0 Å². The summed E-state index contributed by atoms with van der Waals surface area (Å²) in [4.78, 5) is 3.20. The second kappa shape index (κ2) is 5.59. The second-order valence-corrected chi connectivity index (χ2v) is 5.46. The van der Waals surface area contributed by atoms with Crippen molar-refractivity contribution in [3.8, 4) is 5.75 Å². The van der Waals surface area contributed by atoms with Gasteiger partial charge < -0.3 is 15.0 Å². The molecule has 0 saturated heterocycles. The van der Waals surface area contributed by atoms with E-state index in [0.717, 1.165) is 22.5 Å². The van der Waals surface area contributed by atoms with Gasteiger partial charge in [-0.25, -0.2) is 0 Å². The van der Waals surface area contributed by atoms with E-state index in [1.54, 1.807) is 7.11 Å². The van der Waals surface area contributed by atoms with Gasteiger partial charge >= 0.3 is 0 Å². The van der Waals surface area contributed by atoms with E-state index in [0.29, 0.717) is 0 Å². The third-order valence-electron chi connectivity index (χ3n) is 3.27. The molecule has 0 fully saturated rings. The van der Waals surface area contributed by atoms with Crippen molar-refractivity contribution >= 4 is 32.5 Å². The Morgan fingerprint density at radius 2 is 2.05 bits per heavy atom. The van der Waals surface area contributed by atoms with E-state index in [1.165, 1.54) is 16.5 Å². The molecule has 20 heavy (non-hydrogen) atoms. The molecular weight excluding hydrogens is 316 g/mol. The SMILES string of the molecule is COc1cc(NCc2ccc3[nH]ccc3c2)ccc1Br. The number of nitrogens with one attached hydrogen (secondary N) is 2. The molecular formula is C16H15BrN2O. The lowest BCUT2D eigenvalue weighted by molar-refractivity contribution is 0.412. The van der Waals surface area contributed by atoms with Crippen LogP contribution in [0.15, 0.2) is 53.1 Å². The smallest absolute Gasteiger partial charge is 0.135 e. The topological polar surface area (TPSA) is 37.0 Å². The van der Waals surface area contributed by atoms with Crippen molar-refractivity contribution in [1.82, 2.24) is 4.98 Å². The number of fused-ring (bicyclic) bond motifs is 1. The molecule has 102 valence electrons. The van der Waals surface area contributed by atoms with Gasteiger partial charge in [0.25, 0.3) is 0 Å². The average Bonchev–Trinajstić information content (AvgIpc) is 2.94. The van der Waals surface area contributed by atoms with E-state index in [2.05, 4.69) is 50.5 Å². The number of ether oxygens (including phenoxy) is 1. The van der Waals surface area contributed by atoms with Crippen LogP contribution in [0.5, 0.6) is 5.75 Å². The minimum absolute atomic E-state index is 0.784. The Labute approximate surface area is 126 Å². The van der Waals surface area contributed by atoms with Gasteiger partial charge in [-0.1, -0.05) is 6.07 Å². The zero-order valence-corrected chi connectivity index (χ0v) is 12.7. The van der Waals surface area contributed by atoms with Crippen LogP contribution < -0.4 is 10.1 Å². The average molecular weight is 331 g/mol. The van der Waals surface area contributed by atoms with Gasteiger partial charge in [0.05, 0.1) is 11.6 Å². The monoisotopic (exact) mass is 330 g/mol. The lowest BCUT2D eigenvalue weighted by Crippen LogP contribution is -1.99. The van der Waals surface area contributed by atoms with Crippen molar-refractivity contribution in [1.29, 1.82) is 0 Å². The third kappa shape index (κ3) is 2.65. The number of benzene rings is 2. The maximum Gasteiger partial charge on any atom is 0.135 e. The van der Waals surface area contributed by atoms with Crippen LogP contribution in [0, 0.1) is 0 Å². The Kier molecular flexibility index (Phi) is 3.65. The molecule has 1 heterocycles. The van der Waals surface area contributed by atoms with Gasteiger partial charge in [0.15, 0.2) is 0 Å². The van der Waals surface area contributed by atoms with Gasteiger partial charge in [-0.2, -0.15) is 0 Å². The summed E-state index contributed by atoms with van der Waals surface area (Å²) in [7, 11) is 1.67. The minimum atomic E-state index is 0.784. The number of aromatic amines is 1. The highest BCUT2D eigenvalue weighted by Gasteiger charge is 2.02. The number of hydrogen-bond acceptors (Lipinski definition) is 2. The van der Waals surface area contributed by atoms with Gasteiger partial charge in [-0.05, 0) is 57.2 Å². The van der Waals surface area contributed by atoms with Gasteiger partial charge in [-0.3, -0.25) is 0 Å². The van der Waals surface area contributed by atoms with Gasteiger partial charge in [-0.15, -0.1) is 0 Å². The van der Waals surface area contributed by atoms with E-state index < -0.39 is 0 Å². The summed E-state index contributed by atoms with van der Waals surface area (Å²) in [5.41, 5.74) is 3.46. The molecule has 0 aliphatic carbocycles. The summed E-state index contributed by atoms with van der Waals surface area (Å²) in [5.74, 6) is 0.830. The van der Waals surface area contributed by atoms with Crippen molar-refractivity contribution < 1.29 is 4.74 Å². The number of H-pyrrole nitrogens is 1. The first-order valence-electron chi connectivity index (χ1n) is 6.40. The molecule has 1 aromatic heterocycles. The summed E-state index contributed by atoms with van der Waals surface area (Å²) in [6, 6.07) is 14.5. The summed E-state index contributed by atoms with van der Waals surface area (Å²) in [5, 5.41) is 4.64. The maximum atomic E-state index is 5.29. The molecule has 0 bridgehead atoms. The van der Waals surface area contributed by atoms with E-state index in [1.807, 2.05) is 24.4 Å². The summed E-state index contributed by atoms with van der Waals surface area (Å²) < 4.78 is 6.25. The van der Waals surface area contributed by atoms with Crippen molar-refractivity contribution in [3.05, 3.63) is 58.7 Å². The number of rotatable bonds is 4. The Balaban J connectivity index is 1.75. The van der Waals surface area contributed by atoms with Crippen LogP contribution in [0.3, 0.4) is 0 Å². The number of anilines is 1. The fourth-order valence-corrected chi connectivity index (χ4v) is 2.60. The van der Waals surface area contributed by atoms with Gasteiger partial charge in [0.1, 0.15) is 5.75 Å². The molecule has 0 spiro atoms. The van der Waals surface area contributed by atoms with E-state index in [-0.39, 0.29) is 0 Å². The Bertz CT molecular complexity index is 736. The van der Waals surface area contributed by atoms with Crippen LogP contribution in [0.4, 0.5) is 5.69 Å². The van der Waals surface area contributed by atoms with E-state index in [4.69, 9.17) is 4.74 Å². The van der Waals surface area contributed by atoms with Crippen LogP contribution in [0.2, 0.25) is 0 Å². The Morgan fingerprint density at radius 3 is 2.90 bits per heavy atom. The van der Waals surface area contributed by atoms with Crippen LogP contribution >= 0.6 is 15.9 Å². The fourth-order valence-electron chi connectivity index (χ4n) is 2.19. The summed E-state index contributed by atoms with van der Waals surface area (Å²) in [6.45, 7) is 0.784. The molecule has 3 rings (SSSR count). The number of aromatic nitrogens is 1. The predicted octanol–water partition coefficient (Wildman–Crippen LogP) is 4.55. The molecule has 0 radical (unpaired) electrons. The molecule has 2 N–H and O–H groups in total. The maximum absolute atomic E-state index is 5.29. The highest BCUT2D eigenvalue weighted by molar-refractivity contribution is 9.10. The van der Waals surface area contributed by atoms with Gasteiger partial charge in [0, 0.05) is 30.0 Å². The molecule has 0 saturated carbocycles. The van der Waals surface area contributed by atoms with Crippen molar-refractivity contribution in [3.63, 3.8) is 0 Å². The predicted molar refractivity (Wildman–Crippen MR) is 86.3 cm³/mol. The largest absolute Gasteiger partial charge is 0.495 e. The molecule has 0 aliphatic heterocycles. The molecule has 0 aliphatic rings. The van der Waals surface area contributed by atoms with Crippen molar-refractivity contribution in [2.45, 2.75) is 6.54 Å². The number of halogens is 1. The fraction of sp³-hybridized carbons (Fsp3) is 0.125. The highest BCUT2D eigenvalue weighted by Crippen LogP contribution is 2.28. The van der Waals surface area contributed by atoms with E-state index in [9.17, 15) is 0 Å². The van der Waals surface area contributed by atoms with Crippen LogP contribution in [-0.4, -0.2) is 12.1 Å². The van der Waals surface area contributed by atoms with Crippen LogP contribution in [0.1, 0.15) is 5.56 Å². The quantitative estimate of drug-likeness (QED) is 0.736. The zero-order chi connectivity index (χ0) is 13.9. The Morgan fingerprint density at radius 1 is 1.15 bits per heavy atom. The standard InChI is InChI=1S/C16H15BrN2O/c1-20-16-9-13(3-4-14(16)17)19-10-11-2-5-15-12(8-11)6-7-18-15/h2-9,18-19H,10H2,1H3. The molecule has 4 heteroatoms. The van der Waals surface area contributed by atoms with Crippen LogP contribution in [-0.2, 0) is 6.54 Å². The molecule has 3 aromatic rings. The lowest BCUT2D eigenvalue weighted by Gasteiger charge is -2.09. The molecule has 0 atom stereocenters. The molecule has 2 aromatic carbocycles. The third-order valence-corrected chi connectivity index (χ3v) is 3.92. The first-order chi connectivity index (χ1) is 9.76. The second-order valence-electron chi connectivity index (χ2n) is 4.60. The molecule has 0 unspecified atom stereocenters. The number of methoxy groups -OCH3 is 1. The summed E-state index contributed by atoms with van der Waals surface area (Å²) in [6.07, 6.45) is 1.96. The summed E-state index contributed by atoms with van der Waals surface area (Å²) >= 11 is 3.45. The first kappa shape index (κ1) is 13.1. The van der Waals surface area contributed by atoms with Crippen molar-refractivity contribution in [2.75, 3.05) is 12.4 Å². The zero-order valence-electron chi connectivity index (χ0n) is 11.1. The lowest BCUT2D eigenvalue weighted by atomic mass is 10.1. The minimum Gasteiger partial charge on any atom is -0.495 e. The molecule has 3 nitrogen and oxygen atoms in total. The molecule has 0 amide bonds. The van der Waals surface area contributed by atoms with Crippen molar-refractivity contribution in [2.24, 2.45) is 0 Å².